The SMILES string of the molecule is Cc1cccc(N2CCN(C(=O)NNC(=O)c3ccc(COc4ccccc4)o3)CC2)c1C. The Morgan fingerprint density at radius 1 is 0.909 bits per heavy atom. The normalized spacial score (nSPS) is 13.5. The molecule has 0 unspecified atom stereocenters. The molecule has 2 heterocycles. The van der Waals surface area contributed by atoms with Crippen LogP contribution in [0.5, 0.6) is 5.75 Å². The number of para-hydroxylation sites is 1. The first-order valence-corrected chi connectivity index (χ1v) is 10.9. The molecule has 0 atom stereocenters. The zero-order chi connectivity index (χ0) is 23.2. The van der Waals surface area contributed by atoms with Crippen LogP contribution in [-0.4, -0.2) is 43.0 Å². The van der Waals surface area contributed by atoms with E-state index in [0.29, 0.717) is 24.6 Å². The maximum atomic E-state index is 12.5. The lowest BCUT2D eigenvalue weighted by molar-refractivity contribution is 0.0897. The topological polar surface area (TPSA) is 87.1 Å². The molecule has 0 bridgehead atoms. The third kappa shape index (κ3) is 5.46. The number of furan rings is 1. The van der Waals surface area contributed by atoms with E-state index in [1.165, 1.54) is 16.8 Å². The zero-order valence-electron chi connectivity index (χ0n) is 18.8. The molecule has 8 nitrogen and oxygen atoms in total. The molecule has 4 rings (SSSR count). The summed E-state index contributed by atoms with van der Waals surface area (Å²) in [7, 11) is 0. The van der Waals surface area contributed by atoms with Crippen LogP contribution in [0.1, 0.15) is 27.4 Å². The van der Waals surface area contributed by atoms with Crippen LogP contribution >= 0.6 is 0 Å². The van der Waals surface area contributed by atoms with Gasteiger partial charge in [0, 0.05) is 31.9 Å². The molecule has 0 radical (unpaired) electrons. The minimum atomic E-state index is -0.525. The van der Waals surface area contributed by atoms with Gasteiger partial charge in [0.2, 0.25) is 0 Å². The zero-order valence-corrected chi connectivity index (χ0v) is 18.8. The Labute approximate surface area is 193 Å². The van der Waals surface area contributed by atoms with Gasteiger partial charge < -0.3 is 19.0 Å². The van der Waals surface area contributed by atoms with Gasteiger partial charge in [-0.3, -0.25) is 10.2 Å². The van der Waals surface area contributed by atoms with Crippen LogP contribution in [-0.2, 0) is 6.61 Å². The molecule has 0 spiro atoms. The molecule has 172 valence electrons. The Hall–Kier alpha value is -3.94. The quantitative estimate of drug-likeness (QED) is 0.582. The Morgan fingerprint density at radius 3 is 2.42 bits per heavy atom. The van der Waals surface area contributed by atoms with Gasteiger partial charge in [-0.2, -0.15) is 0 Å². The van der Waals surface area contributed by atoms with E-state index in [0.717, 1.165) is 13.1 Å². The molecule has 0 aliphatic carbocycles. The summed E-state index contributed by atoms with van der Waals surface area (Å²) in [6, 6.07) is 18.5. The highest BCUT2D eigenvalue weighted by molar-refractivity contribution is 5.92. The molecule has 8 heteroatoms. The molecule has 2 N–H and O–H groups in total. The summed E-state index contributed by atoms with van der Waals surface area (Å²) >= 11 is 0. The predicted molar refractivity (Wildman–Crippen MR) is 125 cm³/mol. The first-order valence-electron chi connectivity index (χ1n) is 10.9. The van der Waals surface area contributed by atoms with Crippen molar-refractivity contribution in [2.75, 3.05) is 31.1 Å². The highest BCUT2D eigenvalue weighted by Crippen LogP contribution is 2.23. The number of rotatable bonds is 5. The third-order valence-corrected chi connectivity index (χ3v) is 5.78. The summed E-state index contributed by atoms with van der Waals surface area (Å²) in [6.07, 6.45) is 0. The largest absolute Gasteiger partial charge is 0.486 e. The maximum absolute atomic E-state index is 12.5. The van der Waals surface area contributed by atoms with Gasteiger partial charge in [-0.05, 0) is 55.3 Å². The molecule has 1 saturated heterocycles. The number of anilines is 1. The molecular formula is C25H28N4O4. The van der Waals surface area contributed by atoms with Crippen LogP contribution in [0.4, 0.5) is 10.5 Å². The molecular weight excluding hydrogens is 420 g/mol. The fraction of sp³-hybridized carbons (Fsp3) is 0.280. The van der Waals surface area contributed by atoms with Crippen molar-refractivity contribution >= 4 is 17.6 Å². The van der Waals surface area contributed by atoms with Gasteiger partial charge in [-0.25, -0.2) is 10.2 Å². The summed E-state index contributed by atoms with van der Waals surface area (Å²) in [6.45, 7) is 7.02. The Bertz CT molecular complexity index is 1100. The summed E-state index contributed by atoms with van der Waals surface area (Å²) in [5.41, 5.74) is 8.60. The number of benzene rings is 2. The monoisotopic (exact) mass is 448 g/mol. The number of hydrogen-bond donors (Lipinski definition) is 2. The van der Waals surface area contributed by atoms with E-state index < -0.39 is 5.91 Å². The van der Waals surface area contributed by atoms with Crippen molar-refractivity contribution in [1.82, 2.24) is 15.8 Å². The highest BCUT2D eigenvalue weighted by atomic mass is 16.5. The molecule has 1 aliphatic rings. The van der Waals surface area contributed by atoms with Gasteiger partial charge in [-0.1, -0.05) is 30.3 Å². The lowest BCUT2D eigenvalue weighted by atomic mass is 10.1. The fourth-order valence-corrected chi connectivity index (χ4v) is 3.73. The van der Waals surface area contributed by atoms with Crippen molar-refractivity contribution in [2.24, 2.45) is 0 Å². The summed E-state index contributed by atoms with van der Waals surface area (Å²) < 4.78 is 11.1. The Kier molecular flexibility index (Phi) is 6.83. The molecule has 3 amide bonds. The number of aryl methyl sites for hydroxylation is 1. The van der Waals surface area contributed by atoms with Crippen molar-refractivity contribution in [3.8, 4) is 5.75 Å². The minimum absolute atomic E-state index is 0.0988. The standard InChI is InChI=1S/C25H28N4O4/c1-18-7-6-10-22(19(18)2)28-13-15-29(16-14-28)25(31)27-26-24(30)23-12-11-21(33-23)17-32-20-8-4-3-5-9-20/h3-12H,13-17H2,1-2H3,(H,26,30)(H,27,31). The van der Waals surface area contributed by atoms with Crippen molar-refractivity contribution in [2.45, 2.75) is 20.5 Å². The Morgan fingerprint density at radius 2 is 1.67 bits per heavy atom. The van der Waals surface area contributed by atoms with E-state index in [4.69, 9.17) is 9.15 Å². The minimum Gasteiger partial charge on any atom is -0.486 e. The smallest absolute Gasteiger partial charge is 0.336 e. The van der Waals surface area contributed by atoms with E-state index in [9.17, 15) is 9.59 Å². The van der Waals surface area contributed by atoms with Crippen LogP contribution in [0.2, 0.25) is 0 Å². The van der Waals surface area contributed by atoms with Crippen LogP contribution in [0.25, 0.3) is 0 Å². The molecule has 1 fully saturated rings. The van der Waals surface area contributed by atoms with Crippen molar-refractivity contribution < 1.29 is 18.7 Å². The first kappa shape index (κ1) is 22.3. The van der Waals surface area contributed by atoms with Crippen LogP contribution in [0.3, 0.4) is 0 Å². The first-order chi connectivity index (χ1) is 16.0. The second kappa shape index (κ2) is 10.1. The van der Waals surface area contributed by atoms with Gasteiger partial charge in [0.05, 0.1) is 0 Å². The summed E-state index contributed by atoms with van der Waals surface area (Å²) in [5.74, 6) is 0.799. The second-order valence-corrected chi connectivity index (χ2v) is 7.95. The van der Waals surface area contributed by atoms with E-state index >= 15 is 0 Å². The third-order valence-electron chi connectivity index (χ3n) is 5.78. The van der Waals surface area contributed by atoms with Crippen molar-refractivity contribution in [3.63, 3.8) is 0 Å². The number of nitrogens with zero attached hydrogens (tertiary/aromatic N) is 2. The number of nitrogens with one attached hydrogen (secondary N) is 2. The van der Waals surface area contributed by atoms with Crippen molar-refractivity contribution in [3.05, 3.63) is 83.3 Å². The lowest BCUT2D eigenvalue weighted by Gasteiger charge is -2.36. The van der Waals surface area contributed by atoms with Crippen LogP contribution in [0, 0.1) is 13.8 Å². The molecule has 2 aromatic carbocycles. The van der Waals surface area contributed by atoms with Gasteiger partial charge >= 0.3 is 11.9 Å². The molecule has 1 aromatic heterocycles. The van der Waals surface area contributed by atoms with Crippen LogP contribution in [0.15, 0.2) is 65.1 Å². The molecule has 3 aromatic rings. The number of hydrazine groups is 1. The molecule has 1 aliphatic heterocycles. The Balaban J connectivity index is 1.23. The second-order valence-electron chi connectivity index (χ2n) is 7.95. The average Bonchev–Trinajstić information content (AvgIpc) is 3.33. The van der Waals surface area contributed by atoms with E-state index in [-0.39, 0.29) is 18.4 Å². The van der Waals surface area contributed by atoms with E-state index in [1.807, 2.05) is 30.3 Å². The average molecular weight is 449 g/mol. The van der Waals surface area contributed by atoms with Gasteiger partial charge in [0.15, 0.2) is 5.76 Å². The van der Waals surface area contributed by atoms with Gasteiger partial charge in [-0.15, -0.1) is 0 Å². The number of ether oxygens (including phenoxy) is 1. The number of urea groups is 1. The fourth-order valence-electron chi connectivity index (χ4n) is 3.73. The van der Waals surface area contributed by atoms with Crippen LogP contribution < -0.4 is 20.5 Å². The number of carbonyl (C=O) groups excluding carboxylic acids is 2. The maximum Gasteiger partial charge on any atom is 0.336 e. The summed E-state index contributed by atoms with van der Waals surface area (Å²) in [5, 5.41) is 0. The number of amides is 3. The summed E-state index contributed by atoms with van der Waals surface area (Å²) in [4.78, 5) is 28.8. The van der Waals surface area contributed by atoms with Crippen molar-refractivity contribution in [1.29, 1.82) is 0 Å². The van der Waals surface area contributed by atoms with E-state index in [2.05, 4.69) is 47.8 Å². The predicted octanol–water partition coefficient (Wildman–Crippen LogP) is 3.65. The molecule has 33 heavy (non-hydrogen) atoms. The highest BCUT2D eigenvalue weighted by Gasteiger charge is 2.23. The van der Waals surface area contributed by atoms with E-state index in [1.54, 1.807) is 17.0 Å². The number of piperazine rings is 1. The number of hydrogen-bond acceptors (Lipinski definition) is 5. The number of carbonyl (C=O) groups is 2. The van der Waals surface area contributed by atoms with Gasteiger partial charge in [0.25, 0.3) is 0 Å². The lowest BCUT2D eigenvalue weighted by Crippen LogP contribution is -2.55. The molecule has 0 saturated carbocycles. The van der Waals surface area contributed by atoms with Gasteiger partial charge in [0.1, 0.15) is 18.1 Å².